The van der Waals surface area contributed by atoms with Gasteiger partial charge in [-0.05, 0) is 34.5 Å². The Hall–Kier alpha value is -2.94. The van der Waals surface area contributed by atoms with Gasteiger partial charge in [0.15, 0.2) is 0 Å². The number of hydrogen-bond acceptors (Lipinski definition) is 5. The summed E-state index contributed by atoms with van der Waals surface area (Å²) in [6, 6.07) is 19.7. The van der Waals surface area contributed by atoms with Crippen LogP contribution in [0.25, 0.3) is 22.0 Å². The lowest BCUT2D eigenvalue weighted by Crippen LogP contribution is -2.55. The normalized spacial score (nSPS) is 18.9. The molecule has 0 bridgehead atoms. The van der Waals surface area contributed by atoms with Crippen molar-refractivity contribution in [1.29, 1.82) is 0 Å². The van der Waals surface area contributed by atoms with E-state index in [0.717, 1.165) is 22.1 Å². The molecule has 4 nitrogen and oxygen atoms in total. The summed E-state index contributed by atoms with van der Waals surface area (Å²) in [4.78, 5) is 4.31. The molecule has 32 heavy (non-hydrogen) atoms. The number of fused-ring (bicyclic) bond motifs is 1. The maximum atomic E-state index is 14.0. The topological polar surface area (TPSA) is 48.7 Å². The molecule has 0 saturated heterocycles. The van der Waals surface area contributed by atoms with Crippen LogP contribution in [0.4, 0.5) is 18.3 Å². The number of halogens is 4. The van der Waals surface area contributed by atoms with Gasteiger partial charge in [-0.3, -0.25) is 0 Å². The van der Waals surface area contributed by atoms with E-state index >= 15 is 0 Å². The first-order chi connectivity index (χ1) is 15.2. The Bertz CT molecular complexity index is 1340. The molecule has 5 rings (SSSR count). The number of benzene rings is 3. The highest BCUT2D eigenvalue weighted by Gasteiger charge is 2.62. The lowest BCUT2D eigenvalue weighted by molar-refractivity contribution is -0.254. The van der Waals surface area contributed by atoms with E-state index in [-0.39, 0.29) is 10.8 Å². The lowest BCUT2D eigenvalue weighted by Gasteiger charge is -2.32. The van der Waals surface area contributed by atoms with E-state index in [0.29, 0.717) is 26.9 Å². The average molecular weight is 474 g/mol. The van der Waals surface area contributed by atoms with Crippen LogP contribution in [0.5, 0.6) is 0 Å². The molecule has 0 unspecified atom stereocenters. The van der Waals surface area contributed by atoms with Crippen molar-refractivity contribution >= 4 is 44.6 Å². The molecule has 1 atom stereocenters. The monoisotopic (exact) mass is 473 g/mol. The fourth-order valence-corrected chi connectivity index (χ4v) is 4.59. The van der Waals surface area contributed by atoms with Crippen LogP contribution in [-0.2, 0) is 0 Å². The van der Waals surface area contributed by atoms with Crippen LogP contribution in [0.15, 0.2) is 77.2 Å². The van der Waals surface area contributed by atoms with Gasteiger partial charge in [0, 0.05) is 16.0 Å². The predicted molar refractivity (Wildman–Crippen MR) is 121 cm³/mol. The molecule has 0 radical (unpaired) electrons. The van der Waals surface area contributed by atoms with Crippen LogP contribution in [0.1, 0.15) is 12.0 Å². The highest BCUT2D eigenvalue weighted by molar-refractivity contribution is 7.14. The summed E-state index contributed by atoms with van der Waals surface area (Å²) >= 11 is 6.88. The van der Waals surface area contributed by atoms with Gasteiger partial charge in [0.05, 0.1) is 17.8 Å². The number of hydrazone groups is 1. The van der Waals surface area contributed by atoms with Gasteiger partial charge in [-0.15, -0.1) is 11.3 Å². The second kappa shape index (κ2) is 7.58. The minimum absolute atomic E-state index is 0.0504. The van der Waals surface area contributed by atoms with Gasteiger partial charge in [0.2, 0.25) is 5.13 Å². The molecule has 1 aromatic heterocycles. The quantitative estimate of drug-likeness (QED) is 0.370. The van der Waals surface area contributed by atoms with E-state index < -0.39 is 18.3 Å². The zero-order valence-corrected chi connectivity index (χ0v) is 17.9. The van der Waals surface area contributed by atoms with E-state index in [9.17, 15) is 18.3 Å². The van der Waals surface area contributed by atoms with Crippen molar-refractivity contribution in [3.8, 4) is 11.3 Å². The van der Waals surface area contributed by atoms with Crippen molar-refractivity contribution in [2.45, 2.75) is 18.3 Å². The average Bonchev–Trinajstić information content (AvgIpc) is 3.39. The number of alkyl halides is 3. The first kappa shape index (κ1) is 20.9. The van der Waals surface area contributed by atoms with Crippen LogP contribution in [0.3, 0.4) is 0 Å². The van der Waals surface area contributed by atoms with Crippen molar-refractivity contribution in [3.05, 3.63) is 82.7 Å². The Labute approximate surface area is 190 Å². The number of rotatable bonds is 3. The molecule has 9 heteroatoms. The molecule has 162 valence electrons. The molecular weight excluding hydrogens is 459 g/mol. The van der Waals surface area contributed by atoms with Crippen molar-refractivity contribution in [2.75, 3.05) is 5.01 Å². The Kier molecular flexibility index (Phi) is 4.96. The van der Waals surface area contributed by atoms with E-state index in [1.807, 2.05) is 30.3 Å². The fraction of sp³-hybridized carbons (Fsp3) is 0.130. The molecule has 0 fully saturated rings. The molecule has 0 amide bonds. The molecule has 4 aromatic rings. The van der Waals surface area contributed by atoms with Crippen molar-refractivity contribution in [1.82, 2.24) is 4.98 Å². The van der Waals surface area contributed by atoms with E-state index in [1.165, 1.54) is 0 Å². The van der Waals surface area contributed by atoms with Gasteiger partial charge in [-0.1, -0.05) is 60.1 Å². The summed E-state index contributed by atoms with van der Waals surface area (Å²) in [6.45, 7) is 0. The Morgan fingerprint density at radius 2 is 1.66 bits per heavy atom. The van der Waals surface area contributed by atoms with Crippen molar-refractivity contribution in [2.24, 2.45) is 5.10 Å². The third-order valence-corrected chi connectivity index (χ3v) is 6.40. The number of nitrogens with zero attached hydrogens (tertiary/aromatic N) is 3. The summed E-state index contributed by atoms with van der Waals surface area (Å²) in [5, 5.41) is 19.5. The second-order valence-corrected chi connectivity index (χ2v) is 8.71. The van der Waals surface area contributed by atoms with Gasteiger partial charge in [0.1, 0.15) is 0 Å². The standard InChI is InChI=1S/C23H15ClF3N3OS/c24-18-9-7-15(8-10-18)20-13-32-21(28-20)30-22(31,23(25,26)27)12-19(29-30)17-6-5-14-3-1-2-4-16(14)11-17/h1-11,13,31H,12H2/t22-/m0/s1. The highest BCUT2D eigenvalue weighted by Crippen LogP contribution is 2.45. The van der Waals surface area contributed by atoms with Gasteiger partial charge in [-0.25, -0.2) is 4.98 Å². The molecule has 0 spiro atoms. The van der Waals surface area contributed by atoms with Gasteiger partial charge in [-0.2, -0.15) is 23.3 Å². The molecule has 2 heterocycles. The number of aromatic nitrogens is 1. The largest absolute Gasteiger partial charge is 0.438 e. The number of anilines is 1. The molecule has 1 N–H and O–H groups in total. The van der Waals surface area contributed by atoms with Crippen LogP contribution in [0.2, 0.25) is 5.02 Å². The summed E-state index contributed by atoms with van der Waals surface area (Å²) < 4.78 is 42.0. The van der Waals surface area contributed by atoms with Crippen LogP contribution in [0, 0.1) is 0 Å². The van der Waals surface area contributed by atoms with E-state index in [4.69, 9.17) is 11.6 Å². The first-order valence-electron chi connectivity index (χ1n) is 9.62. The fourth-order valence-electron chi connectivity index (χ4n) is 3.61. The Morgan fingerprint density at radius 3 is 2.38 bits per heavy atom. The molecule has 3 aromatic carbocycles. The van der Waals surface area contributed by atoms with Crippen LogP contribution >= 0.6 is 22.9 Å². The summed E-state index contributed by atoms with van der Waals surface area (Å²) in [5.41, 5.74) is -1.36. The molecule has 0 aliphatic carbocycles. The number of hydrogen-bond donors (Lipinski definition) is 1. The highest BCUT2D eigenvalue weighted by atomic mass is 35.5. The maximum absolute atomic E-state index is 14.0. The zero-order chi connectivity index (χ0) is 22.5. The first-order valence-corrected chi connectivity index (χ1v) is 10.9. The number of aliphatic hydroxyl groups is 1. The van der Waals surface area contributed by atoms with E-state index in [2.05, 4.69) is 10.1 Å². The number of thiazole rings is 1. The summed E-state index contributed by atoms with van der Waals surface area (Å²) in [5.74, 6) is 0. The summed E-state index contributed by atoms with van der Waals surface area (Å²) in [7, 11) is 0. The third-order valence-electron chi connectivity index (χ3n) is 5.33. The molecular formula is C23H15ClF3N3OS. The molecule has 1 aliphatic rings. The van der Waals surface area contributed by atoms with Crippen molar-refractivity contribution < 1.29 is 18.3 Å². The van der Waals surface area contributed by atoms with E-state index in [1.54, 1.807) is 41.8 Å². The predicted octanol–water partition coefficient (Wildman–Crippen LogP) is 6.48. The Balaban J connectivity index is 1.56. The van der Waals surface area contributed by atoms with Gasteiger partial charge < -0.3 is 5.11 Å². The van der Waals surface area contributed by atoms with Crippen LogP contribution < -0.4 is 5.01 Å². The SMILES string of the molecule is O[C@]1(C(F)(F)F)CC(c2ccc3ccccc3c2)=NN1c1nc(-c2ccc(Cl)cc2)cs1. The third kappa shape index (κ3) is 3.54. The van der Waals surface area contributed by atoms with Crippen molar-refractivity contribution in [3.63, 3.8) is 0 Å². The van der Waals surface area contributed by atoms with Gasteiger partial charge >= 0.3 is 6.18 Å². The summed E-state index contributed by atoms with van der Waals surface area (Å²) in [6.07, 6.45) is -5.65. The van der Waals surface area contributed by atoms with Crippen LogP contribution in [-0.4, -0.2) is 27.7 Å². The second-order valence-electron chi connectivity index (χ2n) is 7.43. The zero-order valence-electron chi connectivity index (χ0n) is 16.3. The smallest absolute Gasteiger partial charge is 0.362 e. The van der Waals surface area contributed by atoms with Gasteiger partial charge in [0.25, 0.3) is 5.72 Å². The Morgan fingerprint density at radius 1 is 0.969 bits per heavy atom. The lowest BCUT2D eigenvalue weighted by atomic mass is 9.98. The molecule has 0 saturated carbocycles. The molecule has 1 aliphatic heterocycles. The maximum Gasteiger partial charge on any atom is 0.438 e. The minimum Gasteiger partial charge on any atom is -0.362 e. The minimum atomic E-state index is -4.94.